The van der Waals surface area contributed by atoms with Crippen molar-refractivity contribution in [1.82, 2.24) is 4.57 Å². The van der Waals surface area contributed by atoms with E-state index in [1.165, 1.54) is 49.3 Å². The molecule has 3 nitrogen and oxygen atoms in total. The van der Waals surface area contributed by atoms with Crippen LogP contribution in [0.3, 0.4) is 0 Å². The average Bonchev–Trinajstić information content (AvgIpc) is 3.53. The standard InChI is InChI=1S/C39H33N2O/c1-24-25-13-6-7-14-26(25)31(39(2,3)4)23-30(24)37-38-29(21-22-40(37)5)36-34(19-12-20-35(36)42-38)41-32-17-10-8-15-27(32)28-16-9-11-18-33(28)41/h6-23H,1-5H3/q+1. The highest BCUT2D eigenvalue weighted by Crippen LogP contribution is 2.43. The summed E-state index contributed by atoms with van der Waals surface area (Å²) in [5, 5.41) is 7.38. The number of para-hydroxylation sites is 2. The molecule has 0 aliphatic rings. The van der Waals surface area contributed by atoms with Crippen molar-refractivity contribution in [3.05, 3.63) is 120 Å². The number of rotatable bonds is 2. The molecule has 0 amide bonds. The maximum absolute atomic E-state index is 6.84. The first-order valence-electron chi connectivity index (χ1n) is 14.7. The number of nitrogens with zero attached hydrogens (tertiary/aromatic N) is 2. The second kappa shape index (κ2) is 8.80. The van der Waals surface area contributed by atoms with E-state index in [2.05, 4.69) is 153 Å². The van der Waals surface area contributed by atoms with Crippen LogP contribution in [-0.2, 0) is 12.5 Å². The Morgan fingerprint density at radius 3 is 1.95 bits per heavy atom. The predicted octanol–water partition coefficient (Wildman–Crippen LogP) is 9.93. The predicted molar refractivity (Wildman–Crippen MR) is 176 cm³/mol. The molecule has 0 aliphatic carbocycles. The van der Waals surface area contributed by atoms with E-state index in [1.54, 1.807) is 0 Å². The topological polar surface area (TPSA) is 21.9 Å². The van der Waals surface area contributed by atoms with Crippen molar-refractivity contribution in [2.75, 3.05) is 0 Å². The van der Waals surface area contributed by atoms with Crippen molar-refractivity contribution < 1.29 is 8.98 Å². The lowest BCUT2D eigenvalue weighted by Gasteiger charge is -2.23. The molecule has 0 fully saturated rings. The number of hydrogen-bond acceptors (Lipinski definition) is 1. The number of aromatic nitrogens is 2. The Labute approximate surface area is 245 Å². The molecule has 0 saturated heterocycles. The number of benzene rings is 5. The molecular formula is C39H33N2O+. The van der Waals surface area contributed by atoms with Gasteiger partial charge in [-0.15, -0.1) is 0 Å². The van der Waals surface area contributed by atoms with Crippen LogP contribution < -0.4 is 4.57 Å². The fourth-order valence-corrected chi connectivity index (χ4v) is 6.98. The number of hydrogen-bond donors (Lipinski definition) is 0. The van der Waals surface area contributed by atoms with Crippen LogP contribution in [0, 0.1) is 6.92 Å². The van der Waals surface area contributed by atoms with Gasteiger partial charge in [0.1, 0.15) is 12.6 Å². The van der Waals surface area contributed by atoms with E-state index in [4.69, 9.17) is 4.42 Å². The lowest BCUT2D eigenvalue weighted by molar-refractivity contribution is -0.659. The second-order valence-electron chi connectivity index (χ2n) is 12.5. The van der Waals surface area contributed by atoms with Gasteiger partial charge in [0.15, 0.2) is 6.20 Å². The van der Waals surface area contributed by atoms with Crippen LogP contribution in [0.1, 0.15) is 31.9 Å². The number of fused-ring (bicyclic) bond motifs is 7. The summed E-state index contributed by atoms with van der Waals surface area (Å²) in [6.45, 7) is 9.14. The highest BCUT2D eigenvalue weighted by molar-refractivity contribution is 6.15. The van der Waals surface area contributed by atoms with Crippen LogP contribution in [0.2, 0.25) is 0 Å². The third-order valence-corrected chi connectivity index (χ3v) is 8.96. The molecule has 0 atom stereocenters. The normalized spacial score (nSPS) is 12.4. The van der Waals surface area contributed by atoms with Crippen LogP contribution >= 0.6 is 0 Å². The van der Waals surface area contributed by atoms with E-state index >= 15 is 0 Å². The van der Waals surface area contributed by atoms with E-state index in [-0.39, 0.29) is 5.41 Å². The quantitative estimate of drug-likeness (QED) is 0.198. The Bertz CT molecular complexity index is 2310. The van der Waals surface area contributed by atoms with Gasteiger partial charge in [-0.25, -0.2) is 0 Å². The molecule has 3 heteroatoms. The molecule has 0 aliphatic heterocycles. The lowest BCUT2D eigenvalue weighted by atomic mass is 9.80. The Kier molecular flexibility index (Phi) is 5.21. The van der Waals surface area contributed by atoms with E-state index < -0.39 is 0 Å². The summed E-state index contributed by atoms with van der Waals surface area (Å²) in [5.41, 5.74) is 10.3. The molecule has 8 aromatic rings. The summed E-state index contributed by atoms with van der Waals surface area (Å²) >= 11 is 0. The second-order valence-corrected chi connectivity index (χ2v) is 12.5. The van der Waals surface area contributed by atoms with E-state index in [0.717, 1.165) is 33.3 Å². The summed E-state index contributed by atoms with van der Waals surface area (Å²) in [7, 11) is 2.13. The monoisotopic (exact) mass is 545 g/mol. The highest BCUT2D eigenvalue weighted by Gasteiger charge is 2.28. The minimum Gasteiger partial charge on any atom is -0.449 e. The zero-order valence-electron chi connectivity index (χ0n) is 24.7. The Morgan fingerprint density at radius 2 is 1.29 bits per heavy atom. The van der Waals surface area contributed by atoms with Gasteiger partial charge < -0.3 is 8.98 Å². The molecule has 0 saturated carbocycles. The van der Waals surface area contributed by atoms with Crippen LogP contribution in [0.25, 0.3) is 71.5 Å². The molecule has 3 heterocycles. The molecule has 0 unspecified atom stereocenters. The minimum absolute atomic E-state index is 0.00783. The van der Waals surface area contributed by atoms with Gasteiger partial charge >= 0.3 is 0 Å². The molecule has 5 aromatic carbocycles. The first-order chi connectivity index (χ1) is 20.3. The van der Waals surface area contributed by atoms with Gasteiger partial charge in [-0.1, -0.05) is 87.5 Å². The number of aryl methyl sites for hydroxylation is 2. The Balaban J connectivity index is 1.49. The maximum Gasteiger partial charge on any atom is 0.256 e. The highest BCUT2D eigenvalue weighted by atomic mass is 16.3. The van der Waals surface area contributed by atoms with Crippen molar-refractivity contribution >= 4 is 54.5 Å². The van der Waals surface area contributed by atoms with Crippen molar-refractivity contribution in [3.8, 4) is 16.9 Å². The maximum atomic E-state index is 6.84. The summed E-state index contributed by atoms with van der Waals surface area (Å²) in [4.78, 5) is 0. The van der Waals surface area contributed by atoms with Crippen molar-refractivity contribution in [3.63, 3.8) is 0 Å². The Hall–Kier alpha value is -4.89. The summed E-state index contributed by atoms with van der Waals surface area (Å²) in [5.74, 6) is 0. The molecule has 42 heavy (non-hydrogen) atoms. The van der Waals surface area contributed by atoms with Crippen LogP contribution in [-0.4, -0.2) is 4.57 Å². The number of pyridine rings is 1. The molecule has 0 radical (unpaired) electrons. The summed E-state index contributed by atoms with van der Waals surface area (Å²) in [6.07, 6.45) is 2.18. The van der Waals surface area contributed by atoms with Gasteiger partial charge in [-0.2, -0.15) is 4.57 Å². The minimum atomic E-state index is -0.00783. The van der Waals surface area contributed by atoms with Gasteiger partial charge in [0.05, 0.1) is 27.7 Å². The molecule has 0 spiro atoms. The zero-order valence-corrected chi connectivity index (χ0v) is 24.7. The Morgan fingerprint density at radius 1 is 0.667 bits per heavy atom. The third kappa shape index (κ3) is 3.43. The van der Waals surface area contributed by atoms with Crippen molar-refractivity contribution in [1.29, 1.82) is 0 Å². The summed E-state index contributed by atoms with van der Waals surface area (Å²) in [6, 6.07) is 37.2. The number of furan rings is 1. The van der Waals surface area contributed by atoms with E-state index in [1.807, 2.05) is 0 Å². The molecular weight excluding hydrogens is 512 g/mol. The van der Waals surface area contributed by atoms with Gasteiger partial charge in [0.25, 0.3) is 5.69 Å². The van der Waals surface area contributed by atoms with Gasteiger partial charge in [-0.3, -0.25) is 0 Å². The van der Waals surface area contributed by atoms with Crippen LogP contribution in [0.4, 0.5) is 0 Å². The molecule has 3 aromatic heterocycles. The molecule has 204 valence electrons. The van der Waals surface area contributed by atoms with Gasteiger partial charge in [-0.05, 0) is 64.6 Å². The largest absolute Gasteiger partial charge is 0.449 e. The van der Waals surface area contributed by atoms with Gasteiger partial charge in [0.2, 0.25) is 5.58 Å². The lowest BCUT2D eigenvalue weighted by Crippen LogP contribution is -2.30. The fourth-order valence-electron chi connectivity index (χ4n) is 6.98. The first kappa shape index (κ1) is 24.9. The van der Waals surface area contributed by atoms with Crippen molar-refractivity contribution in [2.24, 2.45) is 7.05 Å². The van der Waals surface area contributed by atoms with Crippen LogP contribution in [0.5, 0.6) is 0 Å². The third-order valence-electron chi connectivity index (χ3n) is 8.96. The van der Waals surface area contributed by atoms with Gasteiger partial charge in [0, 0.05) is 22.2 Å². The molecule has 0 bridgehead atoms. The molecule has 0 N–H and O–H groups in total. The SMILES string of the molecule is Cc1c(-c2c3oc4cccc(-n5c6ccccc6c6ccccc65)c4c3cc[n+]2C)cc(C(C)(C)C)c2ccccc12. The van der Waals surface area contributed by atoms with Crippen molar-refractivity contribution in [2.45, 2.75) is 33.1 Å². The van der Waals surface area contributed by atoms with Crippen LogP contribution in [0.15, 0.2) is 114 Å². The fraction of sp³-hybridized carbons (Fsp3) is 0.154. The molecule has 8 rings (SSSR count). The average molecular weight is 546 g/mol. The first-order valence-corrected chi connectivity index (χ1v) is 14.7. The smallest absolute Gasteiger partial charge is 0.256 e. The van der Waals surface area contributed by atoms with E-state index in [0.29, 0.717) is 0 Å². The zero-order chi connectivity index (χ0) is 28.7. The summed E-state index contributed by atoms with van der Waals surface area (Å²) < 4.78 is 11.5. The van der Waals surface area contributed by atoms with E-state index in [9.17, 15) is 0 Å².